The minimum Gasteiger partial charge on any atom is -0.460 e. The number of nitrogens with one attached hydrogen (secondary N) is 1. The Labute approximate surface area is 194 Å². The van der Waals surface area contributed by atoms with Crippen molar-refractivity contribution < 1.29 is 13.9 Å². The molecule has 0 amide bonds. The summed E-state index contributed by atoms with van der Waals surface area (Å²) in [4.78, 5) is 15.9. The van der Waals surface area contributed by atoms with E-state index in [0.717, 1.165) is 60.4 Å². The monoisotopic (exact) mass is 457 g/mol. The van der Waals surface area contributed by atoms with Gasteiger partial charge in [-0.1, -0.05) is 44.9 Å². The molecular formula is C25H32FN3O2S. The highest BCUT2D eigenvalue weighted by Gasteiger charge is 2.35. The fourth-order valence-corrected chi connectivity index (χ4v) is 4.93. The number of para-hydroxylation sites is 1. The van der Waals surface area contributed by atoms with Crippen molar-refractivity contribution in [2.75, 3.05) is 30.4 Å². The van der Waals surface area contributed by atoms with Gasteiger partial charge in [-0.05, 0) is 49.1 Å². The van der Waals surface area contributed by atoms with Crippen LogP contribution in [0.25, 0.3) is 0 Å². The number of hydrogen-bond donors (Lipinski definition) is 1. The number of halogens is 1. The second kappa shape index (κ2) is 10.9. The number of nitrogens with zero attached hydrogens (tertiary/aromatic N) is 2. The van der Waals surface area contributed by atoms with Crippen molar-refractivity contribution in [3.8, 4) is 5.75 Å². The Hall–Kier alpha value is -2.51. The first-order valence-corrected chi connectivity index (χ1v) is 11.8. The van der Waals surface area contributed by atoms with Crippen LogP contribution in [0.3, 0.4) is 0 Å². The van der Waals surface area contributed by atoms with Crippen LogP contribution >= 0.6 is 11.9 Å². The van der Waals surface area contributed by atoms with Crippen LogP contribution in [0.2, 0.25) is 0 Å². The van der Waals surface area contributed by atoms with E-state index in [1.165, 1.54) is 0 Å². The molecular weight excluding hydrogens is 425 g/mol. The van der Waals surface area contributed by atoms with E-state index in [4.69, 9.17) is 4.74 Å². The Morgan fingerprint density at radius 2 is 2.03 bits per heavy atom. The molecule has 5 nitrogen and oxygen atoms in total. The Morgan fingerprint density at radius 1 is 1.28 bits per heavy atom. The van der Waals surface area contributed by atoms with Crippen LogP contribution < -0.4 is 19.3 Å². The van der Waals surface area contributed by atoms with Crippen molar-refractivity contribution in [2.45, 2.75) is 50.0 Å². The van der Waals surface area contributed by atoms with E-state index in [0.29, 0.717) is 5.75 Å². The number of fused-ring (bicyclic) bond motifs is 1. The largest absolute Gasteiger partial charge is 0.460 e. The van der Waals surface area contributed by atoms with Crippen molar-refractivity contribution in [1.29, 1.82) is 0 Å². The van der Waals surface area contributed by atoms with Crippen molar-refractivity contribution in [3.63, 3.8) is 0 Å². The smallest absolute Gasteiger partial charge is 0.197 e. The van der Waals surface area contributed by atoms with E-state index in [1.54, 1.807) is 11.9 Å². The van der Waals surface area contributed by atoms with Crippen molar-refractivity contribution in [1.82, 2.24) is 4.72 Å². The predicted molar refractivity (Wildman–Crippen MR) is 132 cm³/mol. The molecule has 0 aliphatic carbocycles. The summed E-state index contributed by atoms with van der Waals surface area (Å²) in [7, 11) is 3.84. The van der Waals surface area contributed by atoms with Gasteiger partial charge >= 0.3 is 0 Å². The fraction of sp³-hybridized carbons (Fsp3) is 0.400. The fourth-order valence-electron chi connectivity index (χ4n) is 3.85. The van der Waals surface area contributed by atoms with E-state index < -0.39 is 5.83 Å². The Balaban J connectivity index is 2.13. The maximum atomic E-state index is 13.4. The molecule has 2 aromatic rings. The number of ether oxygens (including phenoxy) is 1. The van der Waals surface area contributed by atoms with Gasteiger partial charge in [-0.15, -0.1) is 0 Å². The van der Waals surface area contributed by atoms with Gasteiger partial charge in [-0.3, -0.25) is 9.52 Å². The molecule has 0 saturated heterocycles. The number of anilines is 3. The lowest BCUT2D eigenvalue weighted by Gasteiger charge is -2.37. The SMILES string of the molecule is CCCC[C@@]1(CC)CN(c2ccccc2)c2cc(N(C)C)c(O/C=C(\F)C=O)cc2SN1. The number of aldehydes is 1. The first kappa shape index (κ1) is 24.1. The summed E-state index contributed by atoms with van der Waals surface area (Å²) in [6.07, 6.45) is 5.34. The Morgan fingerprint density at radius 3 is 2.66 bits per heavy atom. The zero-order valence-electron chi connectivity index (χ0n) is 19.2. The summed E-state index contributed by atoms with van der Waals surface area (Å²) in [5, 5.41) is 0. The average Bonchev–Trinajstić information content (AvgIpc) is 2.98. The highest BCUT2D eigenvalue weighted by Crippen LogP contribution is 2.45. The van der Waals surface area contributed by atoms with Gasteiger partial charge in [0, 0.05) is 31.9 Å². The van der Waals surface area contributed by atoms with E-state index >= 15 is 0 Å². The van der Waals surface area contributed by atoms with Gasteiger partial charge in [0.2, 0.25) is 0 Å². The van der Waals surface area contributed by atoms with Gasteiger partial charge in [0.15, 0.2) is 17.9 Å². The first-order valence-electron chi connectivity index (χ1n) is 11.0. The molecule has 0 radical (unpaired) electrons. The molecule has 1 aliphatic heterocycles. The Bertz CT molecular complexity index is 952. The topological polar surface area (TPSA) is 44.8 Å². The quantitative estimate of drug-likeness (QED) is 0.208. The summed E-state index contributed by atoms with van der Waals surface area (Å²) in [5.74, 6) is -0.462. The second-order valence-electron chi connectivity index (χ2n) is 8.28. The number of carbonyl (C=O) groups is 1. The summed E-state index contributed by atoms with van der Waals surface area (Å²) in [6.45, 7) is 5.28. The number of rotatable bonds is 9. The standard InChI is InChI=1S/C25H32FN3O2S/c1-5-7-13-25(6-2)18-29(20-11-9-8-10-12-20)22-14-21(28(3)4)23(15-24(22)32-27-25)31-17-19(26)16-30/h8-12,14-17,27H,5-7,13,18H2,1-4H3/b19-17-/t25-/m0/s1. The minimum atomic E-state index is -0.953. The molecule has 0 spiro atoms. The normalized spacial score (nSPS) is 18.7. The first-order chi connectivity index (χ1) is 15.4. The third-order valence-corrected chi connectivity index (χ3v) is 6.90. The summed E-state index contributed by atoms with van der Waals surface area (Å²) >= 11 is 1.59. The molecule has 0 fully saturated rings. The third kappa shape index (κ3) is 5.45. The molecule has 1 atom stereocenters. The summed E-state index contributed by atoms with van der Waals surface area (Å²) in [6, 6.07) is 14.4. The average molecular weight is 458 g/mol. The van der Waals surface area contributed by atoms with Gasteiger partial charge in [0.1, 0.15) is 6.26 Å². The molecule has 0 aromatic heterocycles. The lowest BCUT2D eigenvalue weighted by molar-refractivity contribution is -0.106. The number of benzene rings is 2. The lowest BCUT2D eigenvalue weighted by atomic mass is 9.89. The molecule has 7 heteroatoms. The lowest BCUT2D eigenvalue weighted by Crippen LogP contribution is -2.48. The molecule has 0 unspecified atom stereocenters. The number of hydrogen-bond acceptors (Lipinski definition) is 6. The summed E-state index contributed by atoms with van der Waals surface area (Å²) < 4.78 is 22.8. The molecule has 1 N–H and O–H groups in total. The van der Waals surface area contributed by atoms with Crippen molar-refractivity contribution >= 4 is 35.3 Å². The van der Waals surface area contributed by atoms with Crippen molar-refractivity contribution in [2.24, 2.45) is 0 Å². The van der Waals surface area contributed by atoms with Crippen LogP contribution in [-0.2, 0) is 4.79 Å². The zero-order chi connectivity index (χ0) is 23.1. The van der Waals surface area contributed by atoms with Gasteiger partial charge in [-0.25, -0.2) is 0 Å². The van der Waals surface area contributed by atoms with Crippen LogP contribution in [0.5, 0.6) is 5.75 Å². The maximum absolute atomic E-state index is 13.4. The predicted octanol–water partition coefficient (Wildman–Crippen LogP) is 6.23. The van der Waals surface area contributed by atoms with Gasteiger partial charge in [-0.2, -0.15) is 4.39 Å². The highest BCUT2D eigenvalue weighted by atomic mass is 32.2. The van der Waals surface area contributed by atoms with Crippen molar-refractivity contribution in [3.05, 3.63) is 54.6 Å². The zero-order valence-corrected chi connectivity index (χ0v) is 20.0. The summed E-state index contributed by atoms with van der Waals surface area (Å²) in [5.41, 5.74) is 2.94. The molecule has 32 heavy (non-hydrogen) atoms. The minimum absolute atomic E-state index is 0.0572. The van der Waals surface area contributed by atoms with Crippen LogP contribution in [0, 0.1) is 0 Å². The Kier molecular flexibility index (Phi) is 8.21. The van der Waals surface area contributed by atoms with Crippen LogP contribution in [0.15, 0.2) is 59.4 Å². The maximum Gasteiger partial charge on any atom is 0.197 e. The highest BCUT2D eigenvalue weighted by molar-refractivity contribution is 7.97. The molecule has 172 valence electrons. The van der Waals surface area contributed by atoms with Crippen LogP contribution in [0.4, 0.5) is 21.5 Å². The third-order valence-electron chi connectivity index (χ3n) is 5.82. The van der Waals surface area contributed by atoms with E-state index in [2.05, 4.69) is 53.8 Å². The molecule has 0 saturated carbocycles. The van der Waals surface area contributed by atoms with Gasteiger partial charge < -0.3 is 14.5 Å². The number of carbonyl (C=O) groups excluding carboxylic acids is 1. The molecule has 1 aliphatic rings. The second-order valence-corrected chi connectivity index (χ2v) is 9.13. The number of allylic oxidation sites excluding steroid dienone is 1. The van der Waals surface area contributed by atoms with Crippen LogP contribution in [-0.4, -0.2) is 32.5 Å². The van der Waals surface area contributed by atoms with E-state index in [-0.39, 0.29) is 11.8 Å². The van der Waals surface area contributed by atoms with Gasteiger partial charge in [0.25, 0.3) is 0 Å². The molecule has 1 heterocycles. The van der Waals surface area contributed by atoms with E-state index in [1.807, 2.05) is 31.1 Å². The van der Waals surface area contributed by atoms with Gasteiger partial charge in [0.05, 0.1) is 16.3 Å². The molecule has 2 aromatic carbocycles. The molecule has 0 bridgehead atoms. The molecule has 3 rings (SSSR count). The number of unbranched alkanes of at least 4 members (excludes halogenated alkanes) is 1. The van der Waals surface area contributed by atoms with Crippen LogP contribution in [0.1, 0.15) is 39.5 Å². The van der Waals surface area contributed by atoms with E-state index in [9.17, 15) is 9.18 Å².